The Kier molecular flexibility index (Phi) is 0.976. The third-order valence-electron chi connectivity index (χ3n) is 1.65. The standard InChI is InChI=1S/C10H11BN2O2/c1-8-12-5-6-13(8)10-4-2-3-9(7-10)11(14)15/h2-7,14-15H,1H3/i1D3,2D,3D,4D,5D,6D,7D. The highest BCUT2D eigenvalue weighted by atomic mass is 16.4. The molecule has 0 unspecified atom stereocenters. The van der Waals surface area contributed by atoms with Crippen LogP contribution in [-0.4, -0.2) is 26.7 Å². The first-order valence-corrected chi connectivity index (χ1v) is 3.92. The predicted octanol–water partition coefficient (Wildman–Crippen LogP) is -0.139. The molecule has 0 amide bonds. The summed E-state index contributed by atoms with van der Waals surface area (Å²) >= 11 is 0. The molecular weight excluding hydrogens is 191 g/mol. The Morgan fingerprint density at radius 2 is 2.40 bits per heavy atom. The van der Waals surface area contributed by atoms with E-state index in [9.17, 15) is 10.0 Å². The van der Waals surface area contributed by atoms with Gasteiger partial charge in [-0.25, -0.2) is 4.98 Å². The monoisotopic (exact) mass is 211 g/mol. The van der Waals surface area contributed by atoms with Gasteiger partial charge in [-0.05, 0) is 24.4 Å². The van der Waals surface area contributed by atoms with E-state index in [4.69, 9.17) is 12.3 Å². The molecule has 0 saturated carbocycles. The fourth-order valence-corrected chi connectivity index (χ4v) is 0.981. The molecule has 2 N–H and O–H groups in total. The first-order chi connectivity index (χ1) is 10.9. The van der Waals surface area contributed by atoms with E-state index in [1.165, 1.54) is 0 Å². The lowest BCUT2D eigenvalue weighted by atomic mass is 9.80. The summed E-state index contributed by atoms with van der Waals surface area (Å²) in [6.45, 7) is -2.88. The van der Waals surface area contributed by atoms with Crippen molar-refractivity contribution in [3.8, 4) is 5.69 Å². The summed E-state index contributed by atoms with van der Waals surface area (Å²) in [5, 5.41) is 18.7. The molecule has 76 valence electrons. The minimum Gasteiger partial charge on any atom is -0.423 e. The lowest BCUT2D eigenvalue weighted by Crippen LogP contribution is -2.29. The third kappa shape index (κ3) is 1.93. The normalized spacial score (nSPS) is 19.7. The Morgan fingerprint density at radius 3 is 3.13 bits per heavy atom. The van der Waals surface area contributed by atoms with Crippen LogP contribution in [0.25, 0.3) is 5.69 Å². The fraction of sp³-hybridized carbons (Fsp3) is 0.100. The Labute approximate surface area is 101 Å². The summed E-state index contributed by atoms with van der Waals surface area (Å²) in [7, 11) is -2.31. The van der Waals surface area contributed by atoms with Crippen molar-refractivity contribution in [3.05, 3.63) is 42.3 Å². The zero-order valence-corrected chi connectivity index (χ0v) is 7.37. The third-order valence-corrected chi connectivity index (χ3v) is 1.65. The summed E-state index contributed by atoms with van der Waals surface area (Å²) in [5.41, 5.74) is -1.33. The molecule has 1 aromatic heterocycles. The zero-order valence-electron chi connectivity index (χ0n) is 16.4. The second kappa shape index (κ2) is 3.88. The van der Waals surface area contributed by atoms with E-state index < -0.39 is 67.5 Å². The topological polar surface area (TPSA) is 58.3 Å². The lowest BCUT2D eigenvalue weighted by Gasteiger charge is -2.06. The molecule has 0 saturated heterocycles. The number of imidazole rings is 1. The smallest absolute Gasteiger partial charge is 0.423 e. The van der Waals surface area contributed by atoms with Crippen molar-refractivity contribution in [2.75, 3.05) is 0 Å². The van der Waals surface area contributed by atoms with Crippen LogP contribution in [0.15, 0.2) is 36.5 Å². The molecular formula is C10H11BN2O2. The van der Waals surface area contributed by atoms with Gasteiger partial charge in [0.15, 0.2) is 0 Å². The van der Waals surface area contributed by atoms with Gasteiger partial charge >= 0.3 is 7.12 Å². The predicted molar refractivity (Wildman–Crippen MR) is 58.1 cm³/mol. The molecule has 5 heteroatoms. The minimum absolute atomic E-state index is 0.531. The number of aryl methyl sites for hydroxylation is 1. The molecule has 0 fully saturated rings. The number of aromatic nitrogens is 2. The van der Waals surface area contributed by atoms with Crippen LogP contribution >= 0.6 is 0 Å². The van der Waals surface area contributed by atoms with E-state index in [0.717, 1.165) is 0 Å². The SMILES string of the molecule is [2H]c1nc(C([2H])([2H])[2H])n(-c2c([2H])c([2H])c([2H])c(B(O)O)c2[2H])c1[2H]. The van der Waals surface area contributed by atoms with Crippen LogP contribution in [0.5, 0.6) is 0 Å². The first kappa shape index (κ1) is 3.77. The Hall–Kier alpha value is -1.59. The van der Waals surface area contributed by atoms with E-state index >= 15 is 0 Å². The first-order valence-electron chi connectivity index (χ1n) is 8.42. The molecule has 15 heavy (non-hydrogen) atoms. The molecule has 1 aromatic carbocycles. The maximum Gasteiger partial charge on any atom is 0.488 e. The average Bonchev–Trinajstić information content (AvgIpc) is 2.73. The summed E-state index contributed by atoms with van der Waals surface area (Å²) < 4.78 is 69.3. The minimum atomic E-state index is -2.88. The molecule has 2 aromatic rings. The van der Waals surface area contributed by atoms with Gasteiger partial charge in [-0.15, -0.1) is 0 Å². The van der Waals surface area contributed by atoms with Crippen LogP contribution in [0.1, 0.15) is 18.2 Å². The number of hydrogen-bond acceptors (Lipinski definition) is 3. The Balaban J connectivity index is 2.99. The van der Waals surface area contributed by atoms with E-state index in [1.54, 1.807) is 0 Å². The van der Waals surface area contributed by atoms with Crippen LogP contribution < -0.4 is 5.46 Å². The van der Waals surface area contributed by atoms with Gasteiger partial charge in [-0.3, -0.25) is 0 Å². The maximum atomic E-state index is 9.33. The average molecular weight is 211 g/mol. The largest absolute Gasteiger partial charge is 0.488 e. The van der Waals surface area contributed by atoms with Gasteiger partial charge in [0.1, 0.15) is 5.82 Å². The maximum absolute atomic E-state index is 9.33. The van der Waals surface area contributed by atoms with Gasteiger partial charge < -0.3 is 14.6 Å². The number of rotatable bonds is 2. The lowest BCUT2D eigenvalue weighted by molar-refractivity contribution is 0.426. The van der Waals surface area contributed by atoms with Gasteiger partial charge in [0.2, 0.25) is 0 Å². The van der Waals surface area contributed by atoms with Crippen molar-refractivity contribution >= 4 is 12.6 Å². The highest BCUT2D eigenvalue weighted by Crippen LogP contribution is 2.07. The second-order valence-corrected chi connectivity index (χ2v) is 2.63. The molecule has 0 aliphatic rings. The van der Waals surface area contributed by atoms with Crippen molar-refractivity contribution in [2.45, 2.75) is 6.85 Å². The van der Waals surface area contributed by atoms with Crippen LogP contribution in [-0.2, 0) is 0 Å². The molecule has 0 aliphatic heterocycles. The van der Waals surface area contributed by atoms with Gasteiger partial charge in [0.05, 0.1) is 8.22 Å². The molecule has 4 nitrogen and oxygen atoms in total. The molecule has 1 heterocycles. The van der Waals surface area contributed by atoms with Gasteiger partial charge in [-0.1, -0.05) is 12.1 Å². The molecule has 0 bridgehead atoms. The van der Waals surface area contributed by atoms with Gasteiger partial charge in [0.25, 0.3) is 0 Å². The van der Waals surface area contributed by atoms with E-state index in [-0.39, 0.29) is 0 Å². The number of benzene rings is 1. The van der Waals surface area contributed by atoms with E-state index in [1.807, 2.05) is 0 Å². The van der Waals surface area contributed by atoms with Crippen LogP contribution in [0.3, 0.4) is 0 Å². The van der Waals surface area contributed by atoms with Crippen molar-refractivity contribution in [3.63, 3.8) is 0 Å². The zero-order chi connectivity index (χ0) is 18.6. The Morgan fingerprint density at radius 1 is 1.53 bits per heavy atom. The molecule has 0 radical (unpaired) electrons. The van der Waals surface area contributed by atoms with Crippen molar-refractivity contribution in [1.29, 1.82) is 0 Å². The highest BCUT2D eigenvalue weighted by Gasteiger charge is 2.11. The number of hydrogen-bond donors (Lipinski definition) is 2. The Bertz CT molecular complexity index is 818. The van der Waals surface area contributed by atoms with Crippen LogP contribution in [0.2, 0.25) is 0 Å². The summed E-state index contributed by atoms with van der Waals surface area (Å²) in [4.78, 5) is 3.45. The van der Waals surface area contributed by atoms with Gasteiger partial charge in [-0.2, -0.15) is 0 Å². The summed E-state index contributed by atoms with van der Waals surface area (Å²) in [6, 6.07) is -3.10. The summed E-state index contributed by atoms with van der Waals surface area (Å²) in [5.74, 6) is -0.769. The number of nitrogens with zero attached hydrogens (tertiary/aromatic N) is 2. The molecule has 0 spiro atoms. The van der Waals surface area contributed by atoms with Gasteiger partial charge in [0, 0.05) is 22.1 Å². The fourth-order valence-electron chi connectivity index (χ4n) is 0.981. The second-order valence-electron chi connectivity index (χ2n) is 2.63. The van der Waals surface area contributed by atoms with E-state index in [2.05, 4.69) is 4.98 Å². The van der Waals surface area contributed by atoms with Crippen LogP contribution in [0.4, 0.5) is 0 Å². The summed E-state index contributed by atoms with van der Waals surface area (Å²) in [6.07, 6.45) is -1.45. The highest BCUT2D eigenvalue weighted by molar-refractivity contribution is 6.58. The quantitative estimate of drug-likeness (QED) is 0.679. The van der Waals surface area contributed by atoms with Crippen molar-refractivity contribution in [1.82, 2.24) is 9.55 Å². The van der Waals surface area contributed by atoms with Crippen molar-refractivity contribution < 1.29 is 22.4 Å². The molecule has 0 atom stereocenters. The van der Waals surface area contributed by atoms with E-state index in [0.29, 0.717) is 4.57 Å². The molecule has 0 aliphatic carbocycles. The van der Waals surface area contributed by atoms with Crippen molar-refractivity contribution in [2.24, 2.45) is 0 Å². The molecule has 2 rings (SSSR count). The van der Waals surface area contributed by atoms with Crippen LogP contribution in [0, 0.1) is 6.85 Å².